The van der Waals surface area contributed by atoms with Gasteiger partial charge in [-0.15, -0.1) is 0 Å². The van der Waals surface area contributed by atoms with E-state index in [4.69, 9.17) is 11.0 Å². The molecule has 132 valence electrons. The van der Waals surface area contributed by atoms with E-state index in [1.54, 1.807) is 23.2 Å². The number of rotatable bonds is 3. The molecule has 0 radical (unpaired) electrons. The maximum atomic E-state index is 12.1. The van der Waals surface area contributed by atoms with E-state index in [1.165, 1.54) is 0 Å². The number of anilines is 3. The van der Waals surface area contributed by atoms with Crippen molar-refractivity contribution in [3.63, 3.8) is 0 Å². The molecule has 1 saturated heterocycles. The largest absolute Gasteiger partial charge is 0.398 e. The van der Waals surface area contributed by atoms with Crippen LogP contribution in [0.1, 0.15) is 13.3 Å². The molecular formula is C18H18N6O2. The van der Waals surface area contributed by atoms with E-state index in [1.807, 2.05) is 13.0 Å². The number of pyridine rings is 1. The van der Waals surface area contributed by atoms with Crippen LogP contribution in [0.2, 0.25) is 0 Å². The number of nitriles is 1. The molecule has 2 heterocycles. The molecule has 1 aromatic heterocycles. The molecule has 8 nitrogen and oxygen atoms in total. The summed E-state index contributed by atoms with van der Waals surface area (Å²) in [4.78, 5) is 30.1. The Labute approximate surface area is 150 Å². The fourth-order valence-corrected chi connectivity index (χ4v) is 3.31. The minimum Gasteiger partial charge on any atom is -0.398 e. The number of urea groups is 1. The smallest absolute Gasteiger partial charge is 0.322 e. The average molecular weight is 350 g/mol. The van der Waals surface area contributed by atoms with Gasteiger partial charge in [0.25, 0.3) is 0 Å². The Morgan fingerprint density at radius 2 is 2.27 bits per heavy atom. The number of hydrogen-bond donors (Lipinski definition) is 3. The molecule has 0 bridgehead atoms. The molecule has 2 unspecified atom stereocenters. The van der Waals surface area contributed by atoms with Gasteiger partial charge in [-0.1, -0.05) is 0 Å². The zero-order valence-corrected chi connectivity index (χ0v) is 14.2. The molecule has 2 aliphatic rings. The molecule has 3 amide bonds. The SMILES string of the molecule is CC1CNC(=O)N1c1cc(N)c2cnc(NC(=O)[C@@H]3CC3C#N)cc2c1. The van der Waals surface area contributed by atoms with E-state index >= 15 is 0 Å². The Balaban J connectivity index is 1.65. The number of fused-ring (bicyclic) bond motifs is 1. The third kappa shape index (κ3) is 2.67. The third-order valence-corrected chi connectivity index (χ3v) is 4.88. The van der Waals surface area contributed by atoms with Crippen LogP contribution in [-0.4, -0.2) is 29.5 Å². The Morgan fingerprint density at radius 3 is 2.92 bits per heavy atom. The van der Waals surface area contributed by atoms with Gasteiger partial charge in [0, 0.05) is 29.5 Å². The summed E-state index contributed by atoms with van der Waals surface area (Å²) < 4.78 is 0. The van der Waals surface area contributed by atoms with Crippen LogP contribution in [0.3, 0.4) is 0 Å². The Bertz CT molecular complexity index is 966. The molecule has 0 spiro atoms. The first kappa shape index (κ1) is 16.1. The van der Waals surface area contributed by atoms with Crippen molar-refractivity contribution in [2.45, 2.75) is 19.4 Å². The molecule has 4 rings (SSSR count). The second-order valence-electron chi connectivity index (χ2n) is 6.80. The van der Waals surface area contributed by atoms with E-state index in [-0.39, 0.29) is 29.8 Å². The number of hydrogen-bond acceptors (Lipinski definition) is 5. The number of nitrogens with two attached hydrogens (primary N) is 1. The van der Waals surface area contributed by atoms with E-state index in [9.17, 15) is 9.59 Å². The van der Waals surface area contributed by atoms with Gasteiger partial charge in [0.2, 0.25) is 5.91 Å². The maximum Gasteiger partial charge on any atom is 0.322 e. The number of nitrogens with zero attached hydrogens (tertiary/aromatic N) is 3. The quantitative estimate of drug-likeness (QED) is 0.729. The first-order valence-corrected chi connectivity index (χ1v) is 8.44. The van der Waals surface area contributed by atoms with Crippen molar-refractivity contribution in [1.82, 2.24) is 10.3 Å². The fourth-order valence-electron chi connectivity index (χ4n) is 3.31. The molecule has 2 aromatic rings. The van der Waals surface area contributed by atoms with Crippen LogP contribution >= 0.6 is 0 Å². The number of nitrogen functional groups attached to an aromatic ring is 1. The minimum absolute atomic E-state index is 0.0261. The van der Waals surface area contributed by atoms with E-state index in [2.05, 4.69) is 21.7 Å². The summed E-state index contributed by atoms with van der Waals surface area (Å²) >= 11 is 0. The number of aromatic nitrogens is 1. The summed E-state index contributed by atoms with van der Waals surface area (Å²) in [6, 6.07) is 7.32. The zero-order valence-electron chi connectivity index (χ0n) is 14.2. The van der Waals surface area contributed by atoms with Gasteiger partial charge < -0.3 is 16.4 Å². The van der Waals surface area contributed by atoms with Crippen LogP contribution in [0.5, 0.6) is 0 Å². The van der Waals surface area contributed by atoms with Crippen molar-refractivity contribution in [3.8, 4) is 6.07 Å². The highest BCUT2D eigenvalue weighted by Gasteiger charge is 2.43. The van der Waals surface area contributed by atoms with Gasteiger partial charge in [0.15, 0.2) is 0 Å². The molecule has 4 N–H and O–H groups in total. The number of nitrogens with one attached hydrogen (secondary N) is 2. The van der Waals surface area contributed by atoms with Gasteiger partial charge in [-0.05, 0) is 36.9 Å². The van der Waals surface area contributed by atoms with Crippen LogP contribution in [0.4, 0.5) is 22.0 Å². The van der Waals surface area contributed by atoms with Gasteiger partial charge >= 0.3 is 6.03 Å². The van der Waals surface area contributed by atoms with E-state index in [0.717, 1.165) is 10.8 Å². The Morgan fingerprint density at radius 1 is 1.46 bits per heavy atom. The molecule has 1 aliphatic carbocycles. The second kappa shape index (κ2) is 5.88. The normalized spacial score (nSPS) is 24.2. The summed E-state index contributed by atoms with van der Waals surface area (Å²) in [6.45, 7) is 2.54. The van der Waals surface area contributed by atoms with Crippen molar-refractivity contribution >= 4 is 39.9 Å². The first-order valence-electron chi connectivity index (χ1n) is 8.44. The topological polar surface area (TPSA) is 124 Å². The van der Waals surface area contributed by atoms with Gasteiger partial charge in [0.1, 0.15) is 5.82 Å². The summed E-state index contributed by atoms with van der Waals surface area (Å²) in [5.41, 5.74) is 7.36. The molecule has 8 heteroatoms. The number of carbonyl (C=O) groups is 2. The van der Waals surface area contributed by atoms with Crippen molar-refractivity contribution < 1.29 is 9.59 Å². The number of benzene rings is 1. The molecular weight excluding hydrogens is 332 g/mol. The lowest BCUT2D eigenvalue weighted by Gasteiger charge is -2.21. The molecule has 26 heavy (non-hydrogen) atoms. The Hall–Kier alpha value is -3.34. The standard InChI is InChI=1S/C18H18N6O2/c1-9-7-22-18(26)24(9)12-2-10-4-16(21-8-14(10)15(20)5-12)23-17(25)13-3-11(13)6-19/h2,4-5,8-9,11,13H,3,7,20H2,1H3,(H,22,26)(H,21,23,25)/t9?,11?,13-/m1/s1. The van der Waals surface area contributed by atoms with Crippen molar-refractivity contribution in [2.75, 3.05) is 22.5 Å². The highest BCUT2D eigenvalue weighted by Crippen LogP contribution is 2.38. The van der Waals surface area contributed by atoms with Crippen LogP contribution < -0.4 is 21.3 Å². The molecule has 3 atom stereocenters. The predicted molar refractivity (Wildman–Crippen MR) is 97.3 cm³/mol. The fraction of sp³-hybridized carbons (Fsp3) is 0.333. The minimum atomic E-state index is -0.261. The van der Waals surface area contributed by atoms with E-state index in [0.29, 0.717) is 30.2 Å². The lowest BCUT2D eigenvalue weighted by Crippen LogP contribution is -2.32. The van der Waals surface area contributed by atoms with E-state index < -0.39 is 0 Å². The lowest BCUT2D eigenvalue weighted by molar-refractivity contribution is -0.117. The van der Waals surface area contributed by atoms with Gasteiger partial charge in [-0.25, -0.2) is 9.78 Å². The molecule has 1 aliphatic heterocycles. The highest BCUT2D eigenvalue weighted by molar-refractivity contribution is 6.03. The number of amides is 3. The summed E-state index contributed by atoms with van der Waals surface area (Å²) in [5.74, 6) is -0.252. The van der Waals surface area contributed by atoms with Gasteiger partial charge in [0.05, 0.1) is 23.9 Å². The summed E-state index contributed by atoms with van der Waals surface area (Å²) in [5, 5.41) is 15.9. The molecule has 1 aromatic carbocycles. The summed E-state index contributed by atoms with van der Waals surface area (Å²) in [7, 11) is 0. The average Bonchev–Trinajstić information content (AvgIpc) is 3.33. The number of carbonyl (C=O) groups excluding carboxylic acids is 2. The Kier molecular flexibility index (Phi) is 3.65. The van der Waals surface area contributed by atoms with Crippen molar-refractivity contribution in [2.24, 2.45) is 11.8 Å². The molecule has 1 saturated carbocycles. The predicted octanol–water partition coefficient (Wildman–Crippen LogP) is 1.83. The van der Waals surface area contributed by atoms with Crippen molar-refractivity contribution in [3.05, 3.63) is 24.4 Å². The summed E-state index contributed by atoms with van der Waals surface area (Å²) in [6.07, 6.45) is 2.20. The zero-order chi connectivity index (χ0) is 18.4. The maximum absolute atomic E-state index is 12.1. The second-order valence-corrected chi connectivity index (χ2v) is 6.80. The van der Waals surface area contributed by atoms with Crippen LogP contribution in [-0.2, 0) is 4.79 Å². The van der Waals surface area contributed by atoms with Crippen molar-refractivity contribution in [1.29, 1.82) is 5.26 Å². The van der Waals surface area contributed by atoms with Gasteiger partial charge in [-0.2, -0.15) is 5.26 Å². The van der Waals surface area contributed by atoms with Crippen LogP contribution in [0.15, 0.2) is 24.4 Å². The molecule has 2 fully saturated rings. The monoisotopic (exact) mass is 350 g/mol. The van der Waals surface area contributed by atoms with Crippen LogP contribution in [0.25, 0.3) is 10.8 Å². The third-order valence-electron chi connectivity index (χ3n) is 4.88. The lowest BCUT2D eigenvalue weighted by atomic mass is 10.1. The highest BCUT2D eigenvalue weighted by atomic mass is 16.2. The first-order chi connectivity index (χ1) is 12.5. The van der Waals surface area contributed by atoms with Crippen LogP contribution in [0, 0.1) is 23.2 Å². The van der Waals surface area contributed by atoms with Gasteiger partial charge in [-0.3, -0.25) is 9.69 Å².